The highest BCUT2D eigenvalue weighted by atomic mass is 127. The molecule has 0 aromatic rings. The predicted molar refractivity (Wildman–Crippen MR) is 119 cm³/mol. The third kappa shape index (κ3) is 9.94. The van der Waals surface area contributed by atoms with Crippen molar-refractivity contribution in [1.29, 1.82) is 0 Å². The van der Waals surface area contributed by atoms with E-state index < -0.39 is 0 Å². The maximum Gasteiger partial charge on any atom is 0.221 e. The number of nitrogens with one attached hydrogen (secondary N) is 3. The minimum absolute atomic E-state index is 0. The Morgan fingerprint density at radius 1 is 1.23 bits per heavy atom. The van der Waals surface area contributed by atoms with Crippen molar-refractivity contribution in [2.24, 2.45) is 10.4 Å². The zero-order valence-electron chi connectivity index (χ0n) is 17.0. The summed E-state index contributed by atoms with van der Waals surface area (Å²) in [5.74, 6) is 0.896. The predicted octanol–water partition coefficient (Wildman–Crippen LogP) is 3.06. The van der Waals surface area contributed by atoms with Crippen molar-refractivity contribution in [2.45, 2.75) is 71.8 Å². The van der Waals surface area contributed by atoms with Gasteiger partial charge in [-0.3, -0.25) is 9.79 Å². The molecule has 1 rings (SSSR count). The van der Waals surface area contributed by atoms with Gasteiger partial charge >= 0.3 is 0 Å². The van der Waals surface area contributed by atoms with Crippen LogP contribution in [0.4, 0.5) is 0 Å². The van der Waals surface area contributed by atoms with Gasteiger partial charge in [-0.05, 0) is 44.9 Å². The summed E-state index contributed by atoms with van der Waals surface area (Å²) in [5, 5.41) is 9.56. The Labute approximate surface area is 176 Å². The van der Waals surface area contributed by atoms with Crippen LogP contribution in [-0.4, -0.2) is 51.3 Å². The number of methoxy groups -OCH3 is 1. The summed E-state index contributed by atoms with van der Waals surface area (Å²) in [6.45, 7) is 9.19. The average Bonchev–Trinajstić information content (AvgIpc) is 3.07. The monoisotopic (exact) mass is 482 g/mol. The largest absolute Gasteiger partial charge is 0.385 e. The molecule has 0 heterocycles. The second-order valence-corrected chi connectivity index (χ2v) is 7.20. The topological polar surface area (TPSA) is 74.8 Å². The number of guanidine groups is 1. The molecule has 6 nitrogen and oxygen atoms in total. The Morgan fingerprint density at radius 3 is 2.50 bits per heavy atom. The normalized spacial score (nSPS) is 17.3. The fourth-order valence-corrected chi connectivity index (χ4v) is 3.26. The first-order valence-electron chi connectivity index (χ1n) is 9.85. The van der Waals surface area contributed by atoms with E-state index in [1.165, 1.54) is 25.7 Å². The Hall–Kier alpha value is -0.570. The number of halogens is 1. The van der Waals surface area contributed by atoms with Crippen molar-refractivity contribution in [3.8, 4) is 0 Å². The van der Waals surface area contributed by atoms with Gasteiger partial charge in [0.1, 0.15) is 0 Å². The summed E-state index contributed by atoms with van der Waals surface area (Å²) >= 11 is 0. The number of rotatable bonds is 11. The Balaban J connectivity index is 0.00000625. The van der Waals surface area contributed by atoms with E-state index in [1.807, 2.05) is 6.92 Å². The van der Waals surface area contributed by atoms with Crippen LogP contribution in [0.25, 0.3) is 0 Å². The van der Waals surface area contributed by atoms with Crippen LogP contribution in [-0.2, 0) is 9.53 Å². The average molecular weight is 482 g/mol. The van der Waals surface area contributed by atoms with Crippen LogP contribution in [0, 0.1) is 5.41 Å². The number of aliphatic imine (C=N–C) groups is 1. The quantitative estimate of drug-likeness (QED) is 0.241. The minimum atomic E-state index is 0. The smallest absolute Gasteiger partial charge is 0.221 e. The van der Waals surface area contributed by atoms with Crippen molar-refractivity contribution >= 4 is 35.8 Å². The first kappa shape index (κ1) is 25.4. The molecule has 0 saturated heterocycles. The second-order valence-electron chi connectivity index (χ2n) is 7.20. The summed E-state index contributed by atoms with van der Waals surface area (Å²) < 4.78 is 5.29. The number of hydrogen-bond donors (Lipinski definition) is 3. The van der Waals surface area contributed by atoms with Crippen LogP contribution >= 0.6 is 24.0 Å². The Bertz CT molecular complexity index is 412. The molecule has 1 unspecified atom stereocenters. The van der Waals surface area contributed by atoms with Crippen molar-refractivity contribution in [3.63, 3.8) is 0 Å². The molecular weight excluding hydrogens is 443 g/mol. The van der Waals surface area contributed by atoms with Gasteiger partial charge in [0.2, 0.25) is 5.91 Å². The lowest BCUT2D eigenvalue weighted by Gasteiger charge is -2.27. The third-order valence-electron chi connectivity index (χ3n) is 5.08. The third-order valence-corrected chi connectivity index (χ3v) is 5.08. The molecule has 1 aliphatic rings. The van der Waals surface area contributed by atoms with Crippen LogP contribution in [0.1, 0.15) is 65.7 Å². The summed E-state index contributed by atoms with van der Waals surface area (Å²) in [4.78, 5) is 16.7. The highest BCUT2D eigenvalue weighted by Crippen LogP contribution is 2.41. The summed E-state index contributed by atoms with van der Waals surface area (Å²) in [6, 6.07) is 0.234. The van der Waals surface area contributed by atoms with E-state index in [0.717, 1.165) is 38.5 Å². The minimum Gasteiger partial charge on any atom is -0.385 e. The van der Waals surface area contributed by atoms with Crippen molar-refractivity contribution in [3.05, 3.63) is 0 Å². The van der Waals surface area contributed by atoms with Crippen LogP contribution in [0.2, 0.25) is 0 Å². The van der Waals surface area contributed by atoms with Gasteiger partial charge in [0.25, 0.3) is 0 Å². The van der Waals surface area contributed by atoms with Crippen LogP contribution < -0.4 is 16.0 Å². The summed E-state index contributed by atoms with van der Waals surface area (Å²) in [7, 11) is 1.77. The standard InChI is InChI=1S/C19H38N4O2.HI/c1-5-16(3)23-17(24)9-13-21-18(20-6-2)22-15-19(12-14-25-4)10-7-8-11-19;/h16H,5-15H2,1-4H3,(H,23,24)(H2,20,21,22);1H. The van der Waals surface area contributed by atoms with Crippen molar-refractivity contribution < 1.29 is 9.53 Å². The van der Waals surface area contributed by atoms with Gasteiger partial charge in [0, 0.05) is 45.8 Å². The van der Waals surface area contributed by atoms with Gasteiger partial charge in [-0.25, -0.2) is 0 Å². The van der Waals surface area contributed by atoms with Gasteiger partial charge in [0.05, 0.1) is 0 Å². The second kappa shape index (κ2) is 14.5. The highest BCUT2D eigenvalue weighted by Gasteiger charge is 2.33. The summed E-state index contributed by atoms with van der Waals surface area (Å²) in [5.41, 5.74) is 0.284. The van der Waals surface area contributed by atoms with Gasteiger partial charge in [-0.1, -0.05) is 19.8 Å². The molecule has 154 valence electrons. The molecule has 1 amide bonds. The van der Waals surface area contributed by atoms with Gasteiger partial charge in [0.15, 0.2) is 5.96 Å². The van der Waals surface area contributed by atoms with E-state index >= 15 is 0 Å². The number of carbonyl (C=O) groups excluding carboxylic acids is 1. The van der Waals surface area contributed by atoms with E-state index in [2.05, 4.69) is 29.8 Å². The Morgan fingerprint density at radius 2 is 1.92 bits per heavy atom. The number of ether oxygens (including phenoxy) is 1. The first-order valence-corrected chi connectivity index (χ1v) is 9.85. The van der Waals surface area contributed by atoms with E-state index in [9.17, 15) is 4.79 Å². The Kier molecular flexibility index (Phi) is 14.2. The lowest BCUT2D eigenvalue weighted by molar-refractivity contribution is -0.121. The number of nitrogens with zero attached hydrogens (tertiary/aromatic N) is 1. The number of amides is 1. The van der Waals surface area contributed by atoms with E-state index in [0.29, 0.717) is 13.0 Å². The fraction of sp³-hybridized carbons (Fsp3) is 0.895. The maximum atomic E-state index is 11.9. The van der Waals surface area contributed by atoms with E-state index in [1.54, 1.807) is 7.11 Å². The molecule has 1 aliphatic carbocycles. The van der Waals surface area contributed by atoms with E-state index in [-0.39, 0.29) is 41.3 Å². The molecule has 0 bridgehead atoms. The molecule has 0 aromatic heterocycles. The molecule has 0 aromatic carbocycles. The molecule has 26 heavy (non-hydrogen) atoms. The molecule has 0 spiro atoms. The maximum absolute atomic E-state index is 11.9. The molecule has 7 heteroatoms. The van der Waals surface area contributed by atoms with Crippen molar-refractivity contribution in [2.75, 3.05) is 33.4 Å². The van der Waals surface area contributed by atoms with Crippen molar-refractivity contribution in [1.82, 2.24) is 16.0 Å². The molecule has 1 fully saturated rings. The SMILES string of the molecule is CCNC(=NCC1(CCOC)CCCC1)NCCC(=O)NC(C)CC.I. The van der Waals surface area contributed by atoms with Crippen LogP contribution in [0.5, 0.6) is 0 Å². The molecule has 1 saturated carbocycles. The zero-order valence-corrected chi connectivity index (χ0v) is 19.4. The number of hydrogen-bond acceptors (Lipinski definition) is 3. The van der Waals surface area contributed by atoms with Gasteiger partial charge < -0.3 is 20.7 Å². The van der Waals surface area contributed by atoms with Crippen LogP contribution in [0.15, 0.2) is 4.99 Å². The molecule has 3 N–H and O–H groups in total. The van der Waals surface area contributed by atoms with Gasteiger partial charge in [-0.2, -0.15) is 0 Å². The number of carbonyl (C=O) groups is 1. The molecule has 0 radical (unpaired) electrons. The van der Waals surface area contributed by atoms with Gasteiger partial charge in [-0.15, -0.1) is 24.0 Å². The summed E-state index contributed by atoms with van der Waals surface area (Å²) in [6.07, 6.45) is 7.53. The molecule has 1 atom stereocenters. The van der Waals surface area contributed by atoms with E-state index in [4.69, 9.17) is 9.73 Å². The molecular formula is C19H39IN4O2. The van der Waals surface area contributed by atoms with Crippen LogP contribution in [0.3, 0.4) is 0 Å². The zero-order chi connectivity index (χ0) is 18.5. The lowest BCUT2D eigenvalue weighted by atomic mass is 9.83. The highest BCUT2D eigenvalue weighted by molar-refractivity contribution is 14.0. The molecule has 0 aliphatic heterocycles. The lowest BCUT2D eigenvalue weighted by Crippen LogP contribution is -2.41. The fourth-order valence-electron chi connectivity index (χ4n) is 3.26. The first-order chi connectivity index (χ1) is 12.0.